The number of aromatic nitrogens is 3. The maximum atomic E-state index is 12.4. The average Bonchev–Trinajstić information content (AvgIpc) is 3.14. The molecule has 1 fully saturated rings. The number of nitrogens with zero attached hydrogens (tertiary/aromatic N) is 3. The number of carboxylic acids is 1. The van der Waals surface area contributed by atoms with Crippen LogP contribution in [-0.2, 0) is 0 Å². The smallest absolute Gasteiger partial charge is 0.354 e. The monoisotopic (exact) mass is 417 g/mol. The van der Waals surface area contributed by atoms with Gasteiger partial charge in [0.1, 0.15) is 11.5 Å². The first-order chi connectivity index (χ1) is 12.3. The van der Waals surface area contributed by atoms with Gasteiger partial charge >= 0.3 is 5.97 Å². The number of nitrogens with one attached hydrogen (secondary N) is 2. The number of halogens is 3. The van der Waals surface area contributed by atoms with E-state index in [9.17, 15) is 9.59 Å². The van der Waals surface area contributed by atoms with Gasteiger partial charge < -0.3 is 20.3 Å². The van der Waals surface area contributed by atoms with Crippen molar-refractivity contribution in [2.75, 3.05) is 18.0 Å². The predicted molar refractivity (Wildman–Crippen MR) is 97.6 cm³/mol. The molecule has 26 heavy (non-hydrogen) atoms. The Labute approximate surface area is 163 Å². The van der Waals surface area contributed by atoms with Crippen LogP contribution in [0.15, 0.2) is 6.07 Å². The molecular weight excluding hydrogens is 405 g/mol. The molecule has 3 rings (SSSR count). The number of aryl methyl sites for hydroxylation is 1. The van der Waals surface area contributed by atoms with Gasteiger partial charge in [-0.25, -0.2) is 14.8 Å². The standard InChI is InChI=1S/C15H14Cl3N5O3/c1-6-10(16)11(17)12(19-6)13(24)20-7-2-3-23(5-7)9-4-8(14(25)26)21-15(18)22-9/h4,7,19H,2-3,5H2,1H3,(H,20,24)(H,25,26)/t7-/m1/s1. The summed E-state index contributed by atoms with van der Waals surface area (Å²) in [4.78, 5) is 35.9. The van der Waals surface area contributed by atoms with Crippen molar-refractivity contribution in [2.45, 2.75) is 19.4 Å². The molecule has 0 radical (unpaired) electrons. The summed E-state index contributed by atoms with van der Waals surface area (Å²) in [5.74, 6) is -1.15. The number of carbonyl (C=O) groups excluding carboxylic acids is 1. The fraction of sp³-hybridized carbons (Fsp3) is 0.333. The highest BCUT2D eigenvalue weighted by Crippen LogP contribution is 2.29. The number of carbonyl (C=O) groups is 2. The van der Waals surface area contributed by atoms with Gasteiger partial charge in [-0.3, -0.25) is 4.79 Å². The molecule has 0 aromatic carbocycles. The first kappa shape index (κ1) is 18.8. The van der Waals surface area contributed by atoms with E-state index in [1.54, 1.807) is 6.92 Å². The van der Waals surface area contributed by atoms with Gasteiger partial charge in [0, 0.05) is 30.9 Å². The van der Waals surface area contributed by atoms with Gasteiger partial charge in [-0.15, -0.1) is 0 Å². The summed E-state index contributed by atoms with van der Waals surface area (Å²) in [5, 5.41) is 12.3. The minimum atomic E-state index is -1.19. The summed E-state index contributed by atoms with van der Waals surface area (Å²) >= 11 is 17.8. The molecule has 3 N–H and O–H groups in total. The van der Waals surface area contributed by atoms with Crippen molar-refractivity contribution in [1.82, 2.24) is 20.3 Å². The second-order valence-electron chi connectivity index (χ2n) is 5.84. The predicted octanol–water partition coefficient (Wildman–Crippen LogP) is 2.78. The molecule has 0 saturated carbocycles. The van der Waals surface area contributed by atoms with Crippen molar-refractivity contribution < 1.29 is 14.7 Å². The number of carboxylic acid groups (broad SMARTS) is 1. The fourth-order valence-electron chi connectivity index (χ4n) is 2.75. The third-order valence-corrected chi connectivity index (χ3v) is 5.15. The molecule has 0 bridgehead atoms. The molecule has 1 aliphatic heterocycles. The van der Waals surface area contributed by atoms with Crippen LogP contribution in [-0.4, -0.2) is 51.1 Å². The van der Waals surface area contributed by atoms with Crippen LogP contribution >= 0.6 is 34.8 Å². The Balaban J connectivity index is 1.70. The Hall–Kier alpha value is -2.03. The SMILES string of the molecule is Cc1[nH]c(C(=O)N[C@@H]2CCN(c3cc(C(=O)O)nc(Cl)n3)C2)c(Cl)c1Cl. The molecule has 1 aliphatic rings. The van der Waals surface area contributed by atoms with E-state index in [2.05, 4.69) is 20.3 Å². The number of amides is 1. The number of rotatable bonds is 4. The van der Waals surface area contributed by atoms with E-state index < -0.39 is 5.97 Å². The average molecular weight is 419 g/mol. The van der Waals surface area contributed by atoms with E-state index in [-0.39, 0.29) is 33.6 Å². The maximum Gasteiger partial charge on any atom is 0.354 e. The molecular formula is C15H14Cl3N5O3. The van der Waals surface area contributed by atoms with Gasteiger partial charge in [0.25, 0.3) is 5.91 Å². The van der Waals surface area contributed by atoms with Crippen LogP contribution in [0.1, 0.15) is 33.1 Å². The molecule has 0 unspecified atom stereocenters. The maximum absolute atomic E-state index is 12.4. The summed E-state index contributed by atoms with van der Waals surface area (Å²) in [6.45, 7) is 2.75. The topological polar surface area (TPSA) is 111 Å². The minimum absolute atomic E-state index is 0.143. The number of hydrogen-bond acceptors (Lipinski definition) is 5. The quantitative estimate of drug-likeness (QED) is 0.658. The minimum Gasteiger partial charge on any atom is -0.477 e. The van der Waals surface area contributed by atoms with Gasteiger partial charge in [0.2, 0.25) is 5.28 Å². The molecule has 2 aromatic heterocycles. The highest BCUT2D eigenvalue weighted by atomic mass is 35.5. The Morgan fingerprint density at radius 2 is 2.04 bits per heavy atom. The van der Waals surface area contributed by atoms with Crippen molar-refractivity contribution >= 4 is 52.5 Å². The highest BCUT2D eigenvalue weighted by molar-refractivity contribution is 6.44. The number of aromatic amines is 1. The molecule has 1 amide bonds. The number of aromatic carboxylic acids is 1. The van der Waals surface area contributed by atoms with E-state index in [0.717, 1.165) is 0 Å². The van der Waals surface area contributed by atoms with E-state index in [4.69, 9.17) is 39.9 Å². The summed E-state index contributed by atoms with van der Waals surface area (Å²) in [5.41, 5.74) is 0.647. The normalized spacial score (nSPS) is 16.8. The third-order valence-electron chi connectivity index (χ3n) is 4.03. The van der Waals surface area contributed by atoms with E-state index >= 15 is 0 Å². The first-order valence-electron chi connectivity index (χ1n) is 7.63. The molecule has 0 aliphatic carbocycles. The second-order valence-corrected chi connectivity index (χ2v) is 6.94. The lowest BCUT2D eigenvalue weighted by atomic mass is 10.2. The lowest BCUT2D eigenvalue weighted by molar-refractivity contribution is 0.0690. The van der Waals surface area contributed by atoms with Crippen LogP contribution in [0.5, 0.6) is 0 Å². The highest BCUT2D eigenvalue weighted by Gasteiger charge is 2.28. The summed E-state index contributed by atoms with van der Waals surface area (Å²) < 4.78 is 0. The van der Waals surface area contributed by atoms with Crippen LogP contribution in [0.4, 0.5) is 5.82 Å². The van der Waals surface area contributed by atoms with Crippen LogP contribution < -0.4 is 10.2 Å². The Morgan fingerprint density at radius 1 is 1.31 bits per heavy atom. The van der Waals surface area contributed by atoms with Gasteiger partial charge in [-0.1, -0.05) is 23.2 Å². The number of anilines is 1. The molecule has 138 valence electrons. The van der Waals surface area contributed by atoms with Crippen molar-refractivity contribution in [3.05, 3.63) is 38.5 Å². The van der Waals surface area contributed by atoms with Crippen LogP contribution in [0.2, 0.25) is 15.3 Å². The molecule has 0 spiro atoms. The molecule has 1 atom stereocenters. The van der Waals surface area contributed by atoms with Crippen LogP contribution in [0, 0.1) is 6.92 Å². The molecule has 2 aromatic rings. The Kier molecular flexibility index (Phi) is 5.27. The van der Waals surface area contributed by atoms with Crippen molar-refractivity contribution in [3.8, 4) is 0 Å². The summed E-state index contributed by atoms with van der Waals surface area (Å²) in [6, 6.07) is 1.19. The Bertz CT molecular complexity index is 886. The van der Waals surface area contributed by atoms with Crippen LogP contribution in [0.3, 0.4) is 0 Å². The second kappa shape index (κ2) is 7.30. The van der Waals surface area contributed by atoms with Crippen molar-refractivity contribution in [2.24, 2.45) is 0 Å². The van der Waals surface area contributed by atoms with Gasteiger partial charge in [-0.2, -0.15) is 0 Å². The third kappa shape index (κ3) is 3.72. The zero-order valence-corrected chi connectivity index (χ0v) is 15.8. The van der Waals surface area contributed by atoms with E-state index in [0.29, 0.717) is 36.0 Å². The Morgan fingerprint density at radius 3 is 2.65 bits per heavy atom. The van der Waals surface area contributed by atoms with Gasteiger partial charge in [0.05, 0.1) is 10.0 Å². The number of H-pyrrole nitrogens is 1. The summed E-state index contributed by atoms with van der Waals surface area (Å²) in [6.07, 6.45) is 0.654. The van der Waals surface area contributed by atoms with Gasteiger partial charge in [0.15, 0.2) is 5.69 Å². The van der Waals surface area contributed by atoms with E-state index in [1.165, 1.54) is 6.07 Å². The molecule has 11 heteroatoms. The molecule has 8 nitrogen and oxygen atoms in total. The van der Waals surface area contributed by atoms with Gasteiger partial charge in [-0.05, 0) is 24.9 Å². The summed E-state index contributed by atoms with van der Waals surface area (Å²) in [7, 11) is 0. The lowest BCUT2D eigenvalue weighted by Crippen LogP contribution is -2.37. The van der Waals surface area contributed by atoms with E-state index in [1.807, 2.05) is 4.90 Å². The van der Waals surface area contributed by atoms with Crippen molar-refractivity contribution in [1.29, 1.82) is 0 Å². The van der Waals surface area contributed by atoms with Crippen molar-refractivity contribution in [3.63, 3.8) is 0 Å². The molecule has 3 heterocycles. The largest absolute Gasteiger partial charge is 0.477 e. The first-order valence-corrected chi connectivity index (χ1v) is 8.77. The van der Waals surface area contributed by atoms with Crippen LogP contribution in [0.25, 0.3) is 0 Å². The fourth-order valence-corrected chi connectivity index (χ4v) is 3.34. The number of hydrogen-bond donors (Lipinski definition) is 3. The molecule has 1 saturated heterocycles. The zero-order valence-electron chi connectivity index (χ0n) is 13.5. The zero-order chi connectivity index (χ0) is 19.0. The lowest BCUT2D eigenvalue weighted by Gasteiger charge is -2.18.